The van der Waals surface area contributed by atoms with Gasteiger partial charge >= 0.3 is 0 Å². The van der Waals surface area contributed by atoms with E-state index in [1.54, 1.807) is 36.8 Å². The number of pyridine rings is 1. The van der Waals surface area contributed by atoms with Gasteiger partial charge in [-0.05, 0) is 37.3 Å². The number of hydrogen-bond donors (Lipinski definition) is 2. The summed E-state index contributed by atoms with van der Waals surface area (Å²) in [6, 6.07) is 9.13. The van der Waals surface area contributed by atoms with E-state index in [9.17, 15) is 4.79 Å². The molecule has 0 aliphatic heterocycles. The van der Waals surface area contributed by atoms with E-state index in [4.69, 9.17) is 0 Å². The number of carbonyl (C=O) groups is 1. The van der Waals surface area contributed by atoms with Gasteiger partial charge < -0.3 is 10.3 Å². The van der Waals surface area contributed by atoms with Gasteiger partial charge in [-0.1, -0.05) is 0 Å². The fourth-order valence-electron chi connectivity index (χ4n) is 2.53. The molecule has 6 heteroatoms. The van der Waals surface area contributed by atoms with Crippen LogP contribution in [-0.2, 0) is 0 Å². The van der Waals surface area contributed by atoms with E-state index in [-0.39, 0.29) is 5.91 Å². The Morgan fingerprint density at radius 2 is 1.87 bits per heavy atom. The van der Waals surface area contributed by atoms with Crippen LogP contribution in [0.2, 0.25) is 0 Å². The summed E-state index contributed by atoms with van der Waals surface area (Å²) in [5, 5.41) is 3.82. The van der Waals surface area contributed by atoms with Crippen molar-refractivity contribution in [3.8, 4) is 0 Å². The van der Waals surface area contributed by atoms with E-state index in [2.05, 4.69) is 25.3 Å². The van der Waals surface area contributed by atoms with Crippen molar-refractivity contribution in [2.24, 2.45) is 0 Å². The molecule has 112 valence electrons. The quantitative estimate of drug-likeness (QED) is 0.596. The van der Waals surface area contributed by atoms with Crippen molar-refractivity contribution >= 4 is 33.7 Å². The van der Waals surface area contributed by atoms with Crippen molar-refractivity contribution < 1.29 is 4.79 Å². The highest BCUT2D eigenvalue weighted by Crippen LogP contribution is 2.18. The number of fused-ring (bicyclic) bond motifs is 2. The van der Waals surface area contributed by atoms with Crippen LogP contribution in [0, 0.1) is 6.92 Å². The molecule has 0 bridgehead atoms. The summed E-state index contributed by atoms with van der Waals surface area (Å²) in [7, 11) is 0. The molecule has 1 amide bonds. The molecule has 0 radical (unpaired) electrons. The lowest BCUT2D eigenvalue weighted by atomic mass is 10.1. The SMILES string of the molecule is Cc1cc2cc(NC(=O)c3ccc4nccnc4c3)cnc2[nH]1. The molecular weight excluding hydrogens is 290 g/mol. The Morgan fingerprint density at radius 3 is 2.74 bits per heavy atom. The molecule has 0 spiro atoms. The van der Waals surface area contributed by atoms with Crippen molar-refractivity contribution in [2.45, 2.75) is 6.92 Å². The van der Waals surface area contributed by atoms with Crippen molar-refractivity contribution in [3.05, 3.63) is 60.2 Å². The van der Waals surface area contributed by atoms with Gasteiger partial charge in [0.1, 0.15) is 5.65 Å². The van der Waals surface area contributed by atoms with E-state index >= 15 is 0 Å². The van der Waals surface area contributed by atoms with Crippen LogP contribution in [0.15, 0.2) is 48.9 Å². The predicted octanol–water partition coefficient (Wildman–Crippen LogP) is 3.07. The molecule has 4 rings (SSSR count). The van der Waals surface area contributed by atoms with Gasteiger partial charge in [0.25, 0.3) is 5.91 Å². The summed E-state index contributed by atoms with van der Waals surface area (Å²) < 4.78 is 0. The number of aromatic amines is 1. The number of H-pyrrole nitrogens is 1. The number of aromatic nitrogens is 4. The average molecular weight is 303 g/mol. The minimum Gasteiger partial charge on any atom is -0.344 e. The van der Waals surface area contributed by atoms with Crippen LogP contribution in [-0.4, -0.2) is 25.8 Å². The smallest absolute Gasteiger partial charge is 0.255 e. The Hall–Kier alpha value is -3.28. The van der Waals surface area contributed by atoms with Gasteiger partial charge in [-0.25, -0.2) is 4.98 Å². The molecule has 0 aliphatic carbocycles. The number of anilines is 1. The normalized spacial score (nSPS) is 11.0. The first-order valence-electron chi connectivity index (χ1n) is 7.16. The lowest BCUT2D eigenvalue weighted by Crippen LogP contribution is -2.12. The standard InChI is InChI=1S/C17H13N5O/c1-10-6-12-7-13(9-20-16(12)21-10)22-17(23)11-2-3-14-15(8-11)19-5-4-18-14/h2-9H,1H3,(H,20,21)(H,22,23). The Morgan fingerprint density at radius 1 is 1.04 bits per heavy atom. The van der Waals surface area contributed by atoms with Gasteiger partial charge in [-0.3, -0.25) is 14.8 Å². The van der Waals surface area contributed by atoms with Crippen molar-refractivity contribution in [1.29, 1.82) is 0 Å². The zero-order valence-electron chi connectivity index (χ0n) is 12.4. The summed E-state index contributed by atoms with van der Waals surface area (Å²) in [4.78, 5) is 28.3. The average Bonchev–Trinajstić information content (AvgIpc) is 2.93. The van der Waals surface area contributed by atoms with Crippen LogP contribution < -0.4 is 5.32 Å². The number of carbonyl (C=O) groups excluding carboxylic acids is 1. The third kappa shape index (κ3) is 2.50. The summed E-state index contributed by atoms with van der Waals surface area (Å²) >= 11 is 0. The zero-order valence-corrected chi connectivity index (χ0v) is 12.4. The Bertz CT molecular complexity index is 1040. The Labute approximate surface area is 131 Å². The maximum atomic E-state index is 12.4. The number of rotatable bonds is 2. The minimum atomic E-state index is -0.203. The van der Waals surface area contributed by atoms with Crippen LogP contribution in [0.25, 0.3) is 22.1 Å². The van der Waals surface area contributed by atoms with Crippen LogP contribution in [0.1, 0.15) is 16.1 Å². The molecule has 23 heavy (non-hydrogen) atoms. The molecule has 0 saturated carbocycles. The highest BCUT2D eigenvalue weighted by atomic mass is 16.1. The van der Waals surface area contributed by atoms with Crippen LogP contribution in [0.5, 0.6) is 0 Å². The molecule has 6 nitrogen and oxygen atoms in total. The fraction of sp³-hybridized carbons (Fsp3) is 0.0588. The highest BCUT2D eigenvalue weighted by molar-refractivity contribution is 6.06. The van der Waals surface area contributed by atoms with Crippen molar-refractivity contribution in [2.75, 3.05) is 5.32 Å². The molecular formula is C17H13N5O. The Balaban J connectivity index is 1.64. The van der Waals surface area contributed by atoms with Crippen LogP contribution >= 0.6 is 0 Å². The molecule has 3 aromatic heterocycles. The van der Waals surface area contributed by atoms with E-state index in [1.165, 1.54) is 0 Å². The monoisotopic (exact) mass is 303 g/mol. The minimum absolute atomic E-state index is 0.203. The number of nitrogens with zero attached hydrogens (tertiary/aromatic N) is 3. The summed E-state index contributed by atoms with van der Waals surface area (Å²) in [5.74, 6) is -0.203. The number of benzene rings is 1. The van der Waals surface area contributed by atoms with E-state index in [1.807, 2.05) is 19.1 Å². The van der Waals surface area contributed by atoms with Gasteiger partial charge in [0.15, 0.2) is 0 Å². The predicted molar refractivity (Wildman–Crippen MR) is 88.3 cm³/mol. The van der Waals surface area contributed by atoms with Gasteiger partial charge in [-0.15, -0.1) is 0 Å². The van der Waals surface area contributed by atoms with Crippen LogP contribution in [0.3, 0.4) is 0 Å². The first kappa shape index (κ1) is 13.4. The second-order valence-corrected chi connectivity index (χ2v) is 5.33. The molecule has 0 saturated heterocycles. The molecule has 3 heterocycles. The summed E-state index contributed by atoms with van der Waals surface area (Å²) in [6.07, 6.45) is 4.87. The van der Waals surface area contributed by atoms with Gasteiger partial charge in [0.05, 0.1) is 22.9 Å². The number of nitrogens with one attached hydrogen (secondary N) is 2. The Kier molecular flexibility index (Phi) is 3.01. The van der Waals surface area contributed by atoms with Gasteiger partial charge in [0.2, 0.25) is 0 Å². The van der Waals surface area contributed by atoms with Crippen molar-refractivity contribution in [3.63, 3.8) is 0 Å². The second-order valence-electron chi connectivity index (χ2n) is 5.33. The zero-order chi connectivity index (χ0) is 15.8. The van der Waals surface area contributed by atoms with Gasteiger partial charge in [0, 0.05) is 29.0 Å². The summed E-state index contributed by atoms with van der Waals surface area (Å²) in [5.41, 5.74) is 4.47. The molecule has 2 N–H and O–H groups in total. The molecule has 0 fully saturated rings. The number of hydrogen-bond acceptors (Lipinski definition) is 4. The number of aryl methyl sites for hydroxylation is 1. The topological polar surface area (TPSA) is 83.6 Å². The third-order valence-electron chi connectivity index (χ3n) is 3.59. The third-order valence-corrected chi connectivity index (χ3v) is 3.59. The van der Waals surface area contributed by atoms with Crippen molar-refractivity contribution in [1.82, 2.24) is 19.9 Å². The lowest BCUT2D eigenvalue weighted by Gasteiger charge is -2.05. The summed E-state index contributed by atoms with van der Waals surface area (Å²) in [6.45, 7) is 1.97. The molecule has 0 atom stereocenters. The van der Waals surface area contributed by atoms with Gasteiger partial charge in [-0.2, -0.15) is 0 Å². The van der Waals surface area contributed by atoms with Crippen LogP contribution in [0.4, 0.5) is 5.69 Å². The molecule has 0 unspecified atom stereocenters. The highest BCUT2D eigenvalue weighted by Gasteiger charge is 2.09. The first-order valence-corrected chi connectivity index (χ1v) is 7.16. The van der Waals surface area contributed by atoms with E-state index in [0.29, 0.717) is 16.8 Å². The second kappa shape index (κ2) is 5.17. The fourth-order valence-corrected chi connectivity index (χ4v) is 2.53. The number of amides is 1. The lowest BCUT2D eigenvalue weighted by molar-refractivity contribution is 0.102. The molecule has 4 aromatic rings. The van der Waals surface area contributed by atoms with E-state index < -0.39 is 0 Å². The maximum absolute atomic E-state index is 12.4. The maximum Gasteiger partial charge on any atom is 0.255 e. The molecule has 0 aliphatic rings. The first-order chi connectivity index (χ1) is 11.2. The molecule has 1 aromatic carbocycles. The largest absolute Gasteiger partial charge is 0.344 e. The van der Waals surface area contributed by atoms with E-state index in [0.717, 1.165) is 22.2 Å².